The van der Waals surface area contributed by atoms with Crippen molar-refractivity contribution < 1.29 is 19.1 Å². The van der Waals surface area contributed by atoms with Gasteiger partial charge in [0.05, 0.1) is 6.61 Å². The summed E-state index contributed by atoms with van der Waals surface area (Å²) in [6.45, 7) is 3.43. The summed E-state index contributed by atoms with van der Waals surface area (Å²) in [6, 6.07) is 15.1. The van der Waals surface area contributed by atoms with Crippen molar-refractivity contribution in [2.45, 2.75) is 13.3 Å². The highest BCUT2D eigenvalue weighted by Crippen LogP contribution is 2.29. The Morgan fingerprint density at radius 3 is 2.61 bits per heavy atom. The van der Waals surface area contributed by atoms with Crippen molar-refractivity contribution >= 4 is 17.2 Å². The van der Waals surface area contributed by atoms with E-state index in [1.807, 2.05) is 55.5 Å². The molecule has 0 saturated carbocycles. The molecular weight excluding hydrogens is 356 g/mol. The number of benzene rings is 1. The standard InChI is InChI=1S/C22H24N2O4/c1-3-28-18-10-8-16(9-11-18)19-15-17-7-4-5-13-24(17)20(19)21(25)22(26)23-12-6-14-27-2/h4-5,7-11,13,15H,3,6,12,14H2,1-2H3,(H,23,26). The zero-order chi connectivity index (χ0) is 19.9. The number of amides is 1. The lowest BCUT2D eigenvalue weighted by Gasteiger charge is -2.08. The van der Waals surface area contributed by atoms with E-state index >= 15 is 0 Å². The number of pyridine rings is 1. The topological polar surface area (TPSA) is 69.0 Å². The lowest BCUT2D eigenvalue weighted by molar-refractivity contribution is -0.117. The van der Waals surface area contributed by atoms with E-state index in [9.17, 15) is 9.59 Å². The van der Waals surface area contributed by atoms with Gasteiger partial charge >= 0.3 is 0 Å². The van der Waals surface area contributed by atoms with Gasteiger partial charge in [-0.15, -0.1) is 0 Å². The van der Waals surface area contributed by atoms with E-state index in [-0.39, 0.29) is 0 Å². The van der Waals surface area contributed by atoms with E-state index in [2.05, 4.69) is 5.32 Å². The molecule has 1 N–H and O–H groups in total. The first-order valence-corrected chi connectivity index (χ1v) is 9.30. The number of nitrogens with one attached hydrogen (secondary N) is 1. The van der Waals surface area contributed by atoms with Gasteiger partial charge in [0, 0.05) is 37.5 Å². The number of fused-ring (bicyclic) bond motifs is 1. The van der Waals surface area contributed by atoms with Crippen molar-refractivity contribution in [1.82, 2.24) is 9.72 Å². The summed E-state index contributed by atoms with van der Waals surface area (Å²) >= 11 is 0. The zero-order valence-electron chi connectivity index (χ0n) is 16.1. The smallest absolute Gasteiger partial charge is 0.294 e. The van der Waals surface area contributed by atoms with Gasteiger partial charge in [-0.1, -0.05) is 18.2 Å². The molecule has 0 saturated heterocycles. The summed E-state index contributed by atoms with van der Waals surface area (Å²) in [5.74, 6) is -0.418. The zero-order valence-corrected chi connectivity index (χ0v) is 16.1. The van der Waals surface area contributed by atoms with Crippen LogP contribution in [0.1, 0.15) is 23.8 Å². The molecule has 1 amide bonds. The lowest BCUT2D eigenvalue weighted by Crippen LogP contribution is -2.33. The average molecular weight is 380 g/mol. The molecule has 0 aliphatic rings. The van der Waals surface area contributed by atoms with E-state index in [1.165, 1.54) is 0 Å². The van der Waals surface area contributed by atoms with Crippen molar-refractivity contribution in [2.24, 2.45) is 0 Å². The number of Topliss-reactive ketones (excluding diaryl/α,β-unsaturated/α-hetero) is 1. The van der Waals surface area contributed by atoms with Gasteiger partial charge in [-0.05, 0) is 49.2 Å². The molecule has 3 rings (SSSR count). The Bertz CT molecular complexity index is 960. The summed E-state index contributed by atoms with van der Waals surface area (Å²) in [5.41, 5.74) is 2.76. The average Bonchev–Trinajstić information content (AvgIpc) is 3.11. The third-order valence-corrected chi connectivity index (χ3v) is 4.39. The monoisotopic (exact) mass is 380 g/mol. The number of hydrogen-bond donors (Lipinski definition) is 1. The molecule has 0 aliphatic heterocycles. The van der Waals surface area contributed by atoms with Crippen LogP contribution in [0.2, 0.25) is 0 Å². The number of carbonyl (C=O) groups excluding carboxylic acids is 2. The molecule has 0 unspecified atom stereocenters. The maximum atomic E-state index is 13.0. The first-order valence-electron chi connectivity index (χ1n) is 9.30. The maximum Gasteiger partial charge on any atom is 0.294 e. The summed E-state index contributed by atoms with van der Waals surface area (Å²) < 4.78 is 12.2. The molecule has 0 spiro atoms. The van der Waals surface area contributed by atoms with Crippen LogP contribution in [0.25, 0.3) is 16.6 Å². The Labute approximate surface area is 164 Å². The molecule has 2 aromatic heterocycles. The van der Waals surface area contributed by atoms with Gasteiger partial charge in [-0.2, -0.15) is 0 Å². The first kappa shape index (κ1) is 19.6. The largest absolute Gasteiger partial charge is 0.494 e. The Morgan fingerprint density at radius 1 is 1.11 bits per heavy atom. The third-order valence-electron chi connectivity index (χ3n) is 4.39. The van der Waals surface area contributed by atoms with Crippen molar-refractivity contribution in [3.05, 3.63) is 60.4 Å². The van der Waals surface area contributed by atoms with E-state index in [0.29, 0.717) is 37.4 Å². The van der Waals surface area contributed by atoms with Gasteiger partial charge in [-0.25, -0.2) is 0 Å². The van der Waals surface area contributed by atoms with Crippen LogP contribution < -0.4 is 10.1 Å². The van der Waals surface area contributed by atoms with Crippen molar-refractivity contribution in [2.75, 3.05) is 26.9 Å². The normalized spacial score (nSPS) is 10.8. The van der Waals surface area contributed by atoms with Gasteiger partial charge < -0.3 is 19.2 Å². The molecule has 0 bridgehead atoms. The summed E-state index contributed by atoms with van der Waals surface area (Å²) in [4.78, 5) is 25.4. The number of ketones is 1. The molecule has 2 heterocycles. The van der Waals surface area contributed by atoms with Crippen LogP contribution in [0.4, 0.5) is 0 Å². The van der Waals surface area contributed by atoms with Crippen LogP contribution in [0.15, 0.2) is 54.7 Å². The van der Waals surface area contributed by atoms with Gasteiger partial charge in [-0.3, -0.25) is 9.59 Å². The molecule has 0 atom stereocenters. The number of hydrogen-bond acceptors (Lipinski definition) is 4. The molecule has 3 aromatic rings. The highest BCUT2D eigenvalue weighted by Gasteiger charge is 2.24. The minimum atomic E-state index is -0.618. The molecule has 6 nitrogen and oxygen atoms in total. The van der Waals surface area contributed by atoms with Crippen molar-refractivity contribution in [1.29, 1.82) is 0 Å². The number of carbonyl (C=O) groups is 2. The molecule has 0 fully saturated rings. The Hall–Kier alpha value is -3.12. The molecule has 0 aliphatic carbocycles. The third kappa shape index (κ3) is 4.23. The van der Waals surface area contributed by atoms with Gasteiger partial charge in [0.2, 0.25) is 0 Å². The minimum absolute atomic E-state index is 0.351. The lowest BCUT2D eigenvalue weighted by atomic mass is 10.0. The molecule has 6 heteroatoms. The SMILES string of the molecule is CCOc1ccc(-c2cc3ccccn3c2C(=O)C(=O)NCCCOC)cc1. The van der Waals surface area contributed by atoms with Gasteiger partial charge in [0.25, 0.3) is 11.7 Å². The Kier molecular flexibility index (Phi) is 6.45. The number of ether oxygens (including phenoxy) is 2. The predicted octanol–water partition coefficient (Wildman–Crippen LogP) is 3.34. The van der Waals surface area contributed by atoms with Crippen molar-refractivity contribution in [3.8, 4) is 16.9 Å². The fraction of sp³-hybridized carbons (Fsp3) is 0.273. The van der Waals surface area contributed by atoms with Gasteiger partial charge in [0.15, 0.2) is 0 Å². The number of aromatic nitrogens is 1. The molecule has 1 aromatic carbocycles. The molecule has 0 radical (unpaired) electrons. The van der Waals surface area contributed by atoms with E-state index in [1.54, 1.807) is 17.7 Å². The van der Waals surface area contributed by atoms with Crippen LogP contribution in [0.3, 0.4) is 0 Å². The van der Waals surface area contributed by atoms with Crippen LogP contribution in [-0.2, 0) is 9.53 Å². The van der Waals surface area contributed by atoms with Crippen LogP contribution in [0.5, 0.6) is 5.75 Å². The second kappa shape index (κ2) is 9.19. The quantitative estimate of drug-likeness (QED) is 0.351. The summed E-state index contributed by atoms with van der Waals surface area (Å²) in [7, 11) is 1.60. The van der Waals surface area contributed by atoms with E-state index in [0.717, 1.165) is 16.8 Å². The summed E-state index contributed by atoms with van der Waals surface area (Å²) in [6.07, 6.45) is 2.44. The summed E-state index contributed by atoms with van der Waals surface area (Å²) in [5, 5.41) is 2.67. The first-order chi connectivity index (χ1) is 13.7. The predicted molar refractivity (Wildman–Crippen MR) is 108 cm³/mol. The highest BCUT2D eigenvalue weighted by molar-refractivity contribution is 6.43. The van der Waals surface area contributed by atoms with Crippen molar-refractivity contribution in [3.63, 3.8) is 0 Å². The number of nitrogens with zero attached hydrogens (tertiary/aromatic N) is 1. The highest BCUT2D eigenvalue weighted by atomic mass is 16.5. The second-order valence-corrected chi connectivity index (χ2v) is 6.29. The molecule has 28 heavy (non-hydrogen) atoms. The van der Waals surface area contributed by atoms with Crippen LogP contribution in [-0.4, -0.2) is 43.0 Å². The Morgan fingerprint density at radius 2 is 1.89 bits per heavy atom. The second-order valence-electron chi connectivity index (χ2n) is 6.29. The fourth-order valence-corrected chi connectivity index (χ4v) is 3.08. The van der Waals surface area contributed by atoms with E-state index < -0.39 is 11.7 Å². The maximum absolute atomic E-state index is 13.0. The molecular formula is C22H24N2O4. The number of methoxy groups -OCH3 is 1. The Balaban J connectivity index is 1.95. The van der Waals surface area contributed by atoms with Crippen LogP contribution in [0, 0.1) is 0 Å². The molecule has 146 valence electrons. The number of rotatable bonds is 9. The van der Waals surface area contributed by atoms with E-state index in [4.69, 9.17) is 9.47 Å². The van der Waals surface area contributed by atoms with Crippen LogP contribution >= 0.6 is 0 Å². The van der Waals surface area contributed by atoms with Gasteiger partial charge in [0.1, 0.15) is 11.4 Å². The fourth-order valence-electron chi connectivity index (χ4n) is 3.08. The minimum Gasteiger partial charge on any atom is -0.494 e.